The van der Waals surface area contributed by atoms with E-state index in [1.807, 2.05) is 85.9 Å². The maximum atomic E-state index is 13.4. The number of rotatable bonds is 10. The van der Waals surface area contributed by atoms with Crippen molar-refractivity contribution in [2.45, 2.75) is 59.5 Å². The summed E-state index contributed by atoms with van der Waals surface area (Å²) in [5, 5.41) is 0. The van der Waals surface area contributed by atoms with E-state index < -0.39 is 0 Å². The Labute approximate surface area is 181 Å². The summed E-state index contributed by atoms with van der Waals surface area (Å²) in [6.07, 6.45) is 2.70. The zero-order valence-corrected chi connectivity index (χ0v) is 19.3. The van der Waals surface area contributed by atoms with Gasteiger partial charge in [0, 0.05) is 31.5 Å². The highest BCUT2D eigenvalue weighted by molar-refractivity contribution is 5.88. The number of carbonyl (C=O) groups is 2. The standard InChI is InChI=1S/C25H37N3O2/c1-7-23(21-12-9-8-10-13-21)25(30)28(20(4)5)18-24(29)27(16-19(2)3)17-22-14-11-15-26(22)6/h8-15,19-20,23H,7,16-18H2,1-6H3. The first kappa shape index (κ1) is 23.7. The highest BCUT2D eigenvalue weighted by Gasteiger charge is 2.29. The lowest BCUT2D eigenvalue weighted by Crippen LogP contribution is -2.48. The predicted octanol–water partition coefficient (Wildman–Crippen LogP) is 4.44. The molecule has 0 saturated carbocycles. The Bertz CT molecular complexity index is 811. The van der Waals surface area contributed by atoms with E-state index in [4.69, 9.17) is 0 Å². The molecule has 2 amide bonds. The average Bonchev–Trinajstić information content (AvgIpc) is 3.10. The van der Waals surface area contributed by atoms with E-state index in [1.54, 1.807) is 4.90 Å². The summed E-state index contributed by atoms with van der Waals surface area (Å²) in [7, 11) is 1.99. The molecular weight excluding hydrogens is 374 g/mol. The molecule has 0 N–H and O–H groups in total. The van der Waals surface area contributed by atoms with Crippen LogP contribution in [-0.4, -0.2) is 45.3 Å². The quantitative estimate of drug-likeness (QED) is 0.580. The molecule has 0 fully saturated rings. The Hall–Kier alpha value is -2.56. The van der Waals surface area contributed by atoms with Gasteiger partial charge in [0.05, 0.1) is 12.5 Å². The van der Waals surface area contributed by atoms with Crippen LogP contribution in [0.5, 0.6) is 0 Å². The van der Waals surface area contributed by atoms with Gasteiger partial charge in [0.25, 0.3) is 0 Å². The molecule has 0 radical (unpaired) electrons. The normalized spacial score (nSPS) is 12.3. The molecule has 0 aliphatic carbocycles. The number of nitrogens with zero attached hydrogens (tertiary/aromatic N) is 3. The minimum Gasteiger partial charge on any atom is -0.353 e. The minimum absolute atomic E-state index is 0.00475. The Kier molecular flexibility index (Phi) is 8.70. The number of hydrogen-bond acceptors (Lipinski definition) is 2. The molecule has 5 heteroatoms. The number of benzene rings is 1. The largest absolute Gasteiger partial charge is 0.353 e. The molecule has 1 heterocycles. The van der Waals surface area contributed by atoms with Crippen LogP contribution in [-0.2, 0) is 23.2 Å². The summed E-state index contributed by atoms with van der Waals surface area (Å²) >= 11 is 0. The van der Waals surface area contributed by atoms with Crippen LogP contribution in [0.25, 0.3) is 0 Å². The number of amides is 2. The second-order valence-corrected chi connectivity index (χ2v) is 8.71. The second kappa shape index (κ2) is 11.0. The SMILES string of the molecule is CCC(C(=O)N(CC(=O)N(Cc1cccn1C)CC(C)C)C(C)C)c1ccccc1. The van der Waals surface area contributed by atoms with E-state index in [2.05, 4.69) is 13.8 Å². The molecule has 2 rings (SSSR count). The topological polar surface area (TPSA) is 45.6 Å². The van der Waals surface area contributed by atoms with E-state index in [0.717, 1.165) is 11.3 Å². The number of aryl methyl sites for hydroxylation is 1. The van der Waals surface area contributed by atoms with Crippen LogP contribution in [0.4, 0.5) is 0 Å². The smallest absolute Gasteiger partial charge is 0.242 e. The lowest BCUT2D eigenvalue weighted by molar-refractivity contribution is -0.143. The molecule has 164 valence electrons. The van der Waals surface area contributed by atoms with Crippen LogP contribution in [0.2, 0.25) is 0 Å². The maximum absolute atomic E-state index is 13.4. The predicted molar refractivity (Wildman–Crippen MR) is 122 cm³/mol. The molecular formula is C25H37N3O2. The monoisotopic (exact) mass is 411 g/mol. The van der Waals surface area contributed by atoms with Gasteiger partial charge in [-0.3, -0.25) is 9.59 Å². The molecule has 1 aromatic heterocycles. The lowest BCUT2D eigenvalue weighted by atomic mass is 9.94. The van der Waals surface area contributed by atoms with Crippen molar-refractivity contribution in [2.75, 3.05) is 13.1 Å². The fourth-order valence-electron chi connectivity index (χ4n) is 3.75. The fourth-order valence-corrected chi connectivity index (χ4v) is 3.75. The Morgan fingerprint density at radius 1 is 1.00 bits per heavy atom. The van der Waals surface area contributed by atoms with Crippen molar-refractivity contribution in [3.05, 3.63) is 59.9 Å². The van der Waals surface area contributed by atoms with Gasteiger partial charge in [0.1, 0.15) is 6.54 Å². The molecule has 0 saturated heterocycles. The van der Waals surface area contributed by atoms with Crippen LogP contribution in [0, 0.1) is 5.92 Å². The summed E-state index contributed by atoms with van der Waals surface area (Å²) in [5.74, 6) is 0.142. The van der Waals surface area contributed by atoms with E-state index in [-0.39, 0.29) is 30.3 Å². The van der Waals surface area contributed by atoms with Gasteiger partial charge in [-0.25, -0.2) is 0 Å². The lowest BCUT2D eigenvalue weighted by Gasteiger charge is -2.33. The van der Waals surface area contributed by atoms with E-state index >= 15 is 0 Å². The zero-order chi connectivity index (χ0) is 22.3. The van der Waals surface area contributed by atoms with Gasteiger partial charge in [0.2, 0.25) is 11.8 Å². The summed E-state index contributed by atoms with van der Waals surface area (Å²) in [4.78, 5) is 30.3. The minimum atomic E-state index is -0.229. The molecule has 2 aromatic rings. The summed E-state index contributed by atoms with van der Waals surface area (Å²) < 4.78 is 2.04. The van der Waals surface area contributed by atoms with Gasteiger partial charge in [-0.2, -0.15) is 0 Å². The van der Waals surface area contributed by atoms with Crippen molar-refractivity contribution in [2.24, 2.45) is 13.0 Å². The van der Waals surface area contributed by atoms with Gasteiger partial charge >= 0.3 is 0 Å². The molecule has 1 atom stereocenters. The Morgan fingerprint density at radius 3 is 2.17 bits per heavy atom. The van der Waals surface area contributed by atoms with Crippen molar-refractivity contribution in [3.8, 4) is 0 Å². The summed E-state index contributed by atoms with van der Waals surface area (Å²) in [5.41, 5.74) is 2.09. The van der Waals surface area contributed by atoms with Crippen molar-refractivity contribution < 1.29 is 9.59 Å². The van der Waals surface area contributed by atoms with Gasteiger partial charge in [-0.1, -0.05) is 51.1 Å². The van der Waals surface area contributed by atoms with Gasteiger partial charge < -0.3 is 14.4 Å². The molecule has 1 aromatic carbocycles. The average molecular weight is 412 g/mol. The van der Waals surface area contributed by atoms with Crippen molar-refractivity contribution in [1.82, 2.24) is 14.4 Å². The molecule has 5 nitrogen and oxygen atoms in total. The molecule has 1 unspecified atom stereocenters. The molecule has 30 heavy (non-hydrogen) atoms. The van der Waals surface area contributed by atoms with E-state index in [9.17, 15) is 9.59 Å². The molecule has 0 aliphatic rings. The van der Waals surface area contributed by atoms with Crippen LogP contribution < -0.4 is 0 Å². The highest BCUT2D eigenvalue weighted by atomic mass is 16.2. The first-order valence-electron chi connectivity index (χ1n) is 11.0. The Balaban J connectivity index is 2.20. The zero-order valence-electron chi connectivity index (χ0n) is 19.3. The van der Waals surface area contributed by atoms with Crippen LogP contribution in [0.3, 0.4) is 0 Å². The third kappa shape index (κ3) is 6.22. The third-order valence-electron chi connectivity index (χ3n) is 5.46. The van der Waals surface area contributed by atoms with Crippen molar-refractivity contribution >= 4 is 11.8 Å². The number of hydrogen-bond donors (Lipinski definition) is 0. The van der Waals surface area contributed by atoms with Crippen LogP contribution >= 0.6 is 0 Å². The summed E-state index contributed by atoms with van der Waals surface area (Å²) in [6.45, 7) is 11.5. The number of carbonyl (C=O) groups excluding carboxylic acids is 2. The van der Waals surface area contributed by atoms with E-state index in [0.29, 0.717) is 25.4 Å². The van der Waals surface area contributed by atoms with Crippen LogP contribution in [0.1, 0.15) is 58.2 Å². The second-order valence-electron chi connectivity index (χ2n) is 8.71. The van der Waals surface area contributed by atoms with Gasteiger partial charge in [-0.15, -0.1) is 0 Å². The number of aromatic nitrogens is 1. The molecule has 0 spiro atoms. The summed E-state index contributed by atoms with van der Waals surface area (Å²) in [6, 6.07) is 13.8. The maximum Gasteiger partial charge on any atom is 0.242 e. The molecule has 0 bridgehead atoms. The first-order chi connectivity index (χ1) is 14.2. The first-order valence-corrected chi connectivity index (χ1v) is 11.0. The Morgan fingerprint density at radius 2 is 1.67 bits per heavy atom. The fraction of sp³-hybridized carbons (Fsp3) is 0.520. The molecule has 0 aliphatic heterocycles. The third-order valence-corrected chi connectivity index (χ3v) is 5.46. The van der Waals surface area contributed by atoms with Gasteiger partial charge in [-0.05, 0) is 43.9 Å². The van der Waals surface area contributed by atoms with Crippen molar-refractivity contribution in [3.63, 3.8) is 0 Å². The van der Waals surface area contributed by atoms with E-state index in [1.165, 1.54) is 0 Å². The van der Waals surface area contributed by atoms with Crippen molar-refractivity contribution in [1.29, 1.82) is 0 Å². The van der Waals surface area contributed by atoms with Crippen LogP contribution in [0.15, 0.2) is 48.7 Å². The highest BCUT2D eigenvalue weighted by Crippen LogP contribution is 2.23. The van der Waals surface area contributed by atoms with Gasteiger partial charge in [0.15, 0.2) is 0 Å².